The third kappa shape index (κ3) is 16.0. The smallest absolute Gasteiger partial charge is 0.0825 e. The molecule has 0 aliphatic rings. The highest BCUT2D eigenvalue weighted by molar-refractivity contribution is 9.22. The van der Waals surface area contributed by atoms with E-state index < -0.39 is 0 Å². The zero-order valence-corrected chi connectivity index (χ0v) is 4.96. The second-order valence-electron chi connectivity index (χ2n) is 0. The normalized spacial score (nSPS) is 2.25. The summed E-state index contributed by atoms with van der Waals surface area (Å²) in [6.07, 6.45) is 0. The summed E-state index contributed by atoms with van der Waals surface area (Å²) in [6, 6.07) is 0. The summed E-state index contributed by atoms with van der Waals surface area (Å²) >= 11 is 3.08. The van der Waals surface area contributed by atoms with Crippen LogP contribution in [0.1, 0.15) is 14.9 Å². The minimum absolute atomic E-state index is 0. The maximum absolute atomic E-state index is 3.08. The van der Waals surface area contributed by atoms with E-state index in [4.69, 9.17) is 0 Å². The molecule has 0 rings (SSSR count). The van der Waals surface area contributed by atoms with E-state index in [1.54, 1.807) is 0 Å². The van der Waals surface area contributed by atoms with Crippen LogP contribution in [-0.2, 0) is 0 Å². The molecule has 0 aromatic heterocycles. The first-order valence-corrected chi connectivity index (χ1v) is 5.89. The van der Waals surface area contributed by atoms with Gasteiger partial charge in [0.05, 0.1) is 8.86 Å². The maximum Gasteiger partial charge on any atom is 0.0825 e. The molecule has 0 fully saturated rings. The van der Waals surface area contributed by atoms with Crippen molar-refractivity contribution < 1.29 is 0 Å². The zero-order chi connectivity index (χ0) is 2.00. The van der Waals surface area contributed by atoms with E-state index in [2.05, 4.69) is 15.3 Å². The summed E-state index contributed by atoms with van der Waals surface area (Å²) in [6.45, 7) is 0. The fourth-order valence-electron chi connectivity index (χ4n) is 0. The van der Waals surface area contributed by atoms with E-state index in [0.717, 1.165) is 8.86 Å². The molecule has 0 bridgehead atoms. The molecule has 0 nitrogen and oxygen atoms in total. The van der Waals surface area contributed by atoms with E-state index in [1.165, 1.54) is 0 Å². The van der Waals surface area contributed by atoms with Crippen molar-refractivity contribution in [1.82, 2.24) is 0 Å². The Morgan fingerprint density at radius 1 is 1.00 bits per heavy atom. The van der Waals surface area contributed by atoms with Crippen LogP contribution in [0, 0.1) is 0 Å². The summed E-state index contributed by atoms with van der Waals surface area (Å²) < 4.78 is 0. The highest BCUT2D eigenvalue weighted by Crippen LogP contribution is 1.41. The van der Waals surface area contributed by atoms with Crippen molar-refractivity contribution in [3.63, 3.8) is 0 Å². The monoisotopic (exact) mass is 142 g/mol. The number of hydrogen-bond donors (Lipinski definition) is 0. The Balaban J connectivity index is -0.00000000500. The van der Waals surface area contributed by atoms with Crippen LogP contribution in [0.2, 0.25) is 0 Å². The first-order valence-electron chi connectivity index (χ1n) is 0.378. The second kappa shape index (κ2) is 55.4. The van der Waals surface area contributed by atoms with E-state index in [-0.39, 0.29) is 14.9 Å². The molecule has 0 unspecified atom stereocenters. The average Bonchev–Trinajstić information content (AvgIpc) is 1.00. The highest BCUT2D eigenvalue weighted by Gasteiger charge is 0.977. The first kappa shape index (κ1) is 22.3. The largest absolute Gasteiger partial charge is 0.140 e. The Morgan fingerprint density at radius 3 is 1.00 bits per heavy atom. The van der Waals surface area contributed by atoms with E-state index in [0.29, 0.717) is 0 Å². The van der Waals surface area contributed by atoms with Gasteiger partial charge < -0.3 is 0 Å². The molecule has 0 saturated heterocycles. The minimum atomic E-state index is 0. The van der Waals surface area contributed by atoms with Gasteiger partial charge in [0.15, 0.2) is 0 Å². The molecule has 0 N–H and O–H groups in total. The molecular weight excluding hydrogens is 132 g/mol. The molecule has 0 aliphatic carbocycles. The van der Waals surface area contributed by atoms with Gasteiger partial charge in [0.25, 0.3) is 0 Å². The van der Waals surface area contributed by atoms with E-state index in [9.17, 15) is 0 Å². The number of hydrogen-bond acceptors (Lipinski definition) is 0. The Bertz CT molecular complexity index is 6.00. The Kier molecular flexibility index (Phi) is 309. The number of halogens is 1. The van der Waals surface area contributed by atoms with Crippen molar-refractivity contribution in [1.29, 1.82) is 0 Å². The van der Waals surface area contributed by atoms with Gasteiger partial charge in [-0.25, -0.2) is 0 Å². The van der Waals surface area contributed by atoms with Crippen LogP contribution >= 0.6 is 15.3 Å². The van der Waals surface area contributed by atoms with Crippen LogP contribution in [0.15, 0.2) is 0 Å². The lowest BCUT2D eigenvalue weighted by molar-refractivity contribution is 2.50. The van der Waals surface area contributed by atoms with Crippen molar-refractivity contribution in [2.45, 2.75) is 14.9 Å². The van der Waals surface area contributed by atoms with Gasteiger partial charge in [0.2, 0.25) is 0 Å². The molecule has 0 heterocycles. The zero-order valence-electron chi connectivity index (χ0n) is 1.38. The quantitative estimate of drug-likeness (QED) is 0.349. The molecule has 0 saturated carbocycles. The van der Waals surface area contributed by atoms with Crippen molar-refractivity contribution in [3.05, 3.63) is 0 Å². The van der Waals surface area contributed by atoms with Gasteiger partial charge in [-0.3, -0.25) is 0 Å². The van der Waals surface area contributed by atoms with Gasteiger partial charge in [-0.1, -0.05) is 14.9 Å². The number of rotatable bonds is 0. The van der Waals surface area contributed by atoms with Gasteiger partial charge >= 0.3 is 0 Å². The average molecular weight is 143 g/mol. The fraction of sp³-hybridized carbons (Fsp3) is 1.00. The lowest BCUT2D eigenvalue weighted by Crippen LogP contribution is -0.941. The summed E-state index contributed by atoms with van der Waals surface area (Å²) in [5, 5.41) is 0. The molecule has 0 aliphatic heterocycles. The van der Waals surface area contributed by atoms with Crippen LogP contribution in [0.25, 0.3) is 0 Å². The Labute approximate surface area is 39.6 Å². The fourth-order valence-corrected chi connectivity index (χ4v) is 0. The standard InChI is InChI=1S/2CH4.BrH3Si/c;;1-2/h2*1H4;2H3. The van der Waals surface area contributed by atoms with E-state index >= 15 is 0 Å². The first-order chi connectivity index (χ1) is 1.00. The molecule has 2 heteroatoms. The Hall–Kier alpha value is 0.697. The van der Waals surface area contributed by atoms with Crippen molar-refractivity contribution in [2.24, 2.45) is 0 Å². The van der Waals surface area contributed by atoms with Gasteiger partial charge in [-0.15, -0.1) is 15.3 Å². The summed E-state index contributed by atoms with van der Waals surface area (Å²) in [5.41, 5.74) is 0. The van der Waals surface area contributed by atoms with Crippen molar-refractivity contribution in [2.75, 3.05) is 0 Å². The molecule has 0 amide bonds. The second-order valence-corrected chi connectivity index (χ2v) is 0. The van der Waals surface area contributed by atoms with Crippen LogP contribution in [0.5, 0.6) is 0 Å². The molecular formula is C2H11BrSi. The van der Waals surface area contributed by atoms with Crippen molar-refractivity contribution in [3.8, 4) is 0 Å². The van der Waals surface area contributed by atoms with Gasteiger partial charge in [0.1, 0.15) is 0 Å². The molecule has 0 aromatic carbocycles. The maximum atomic E-state index is 3.08. The molecule has 30 valence electrons. The van der Waals surface area contributed by atoms with Crippen molar-refractivity contribution >= 4 is 24.2 Å². The summed E-state index contributed by atoms with van der Waals surface area (Å²) in [5.74, 6) is 0. The minimum Gasteiger partial charge on any atom is -0.140 e. The van der Waals surface area contributed by atoms with Crippen LogP contribution < -0.4 is 0 Å². The highest BCUT2D eigenvalue weighted by atomic mass is 79.9. The lowest BCUT2D eigenvalue weighted by atomic mass is 12.0. The van der Waals surface area contributed by atoms with Gasteiger partial charge in [-0.2, -0.15) is 0 Å². The van der Waals surface area contributed by atoms with Gasteiger partial charge in [-0.05, 0) is 0 Å². The Morgan fingerprint density at radius 2 is 1.00 bits per heavy atom. The van der Waals surface area contributed by atoms with Crippen LogP contribution in [0.4, 0.5) is 0 Å². The third-order valence-corrected chi connectivity index (χ3v) is 0. The van der Waals surface area contributed by atoms with Gasteiger partial charge in [0, 0.05) is 0 Å². The topological polar surface area (TPSA) is 0 Å². The SMILES string of the molecule is C.C.[SiH3]Br. The summed E-state index contributed by atoms with van der Waals surface area (Å²) in [7, 11) is 1.12. The molecule has 0 atom stereocenters. The predicted molar refractivity (Wildman–Crippen MR) is 32.3 cm³/mol. The van der Waals surface area contributed by atoms with Crippen LogP contribution in [0.3, 0.4) is 0 Å². The molecule has 4 heavy (non-hydrogen) atoms. The lowest BCUT2D eigenvalue weighted by Gasteiger charge is -1.03. The van der Waals surface area contributed by atoms with E-state index in [1.807, 2.05) is 0 Å². The molecule has 0 spiro atoms. The molecule has 0 aromatic rings. The van der Waals surface area contributed by atoms with Crippen LogP contribution in [-0.4, -0.2) is 8.86 Å². The summed E-state index contributed by atoms with van der Waals surface area (Å²) in [4.78, 5) is 0. The third-order valence-electron chi connectivity index (χ3n) is 0. The molecule has 0 radical (unpaired) electrons. The predicted octanol–water partition coefficient (Wildman–Crippen LogP) is 0.934.